The minimum atomic E-state index is -0.315. The molecule has 1 heterocycles. The van der Waals surface area contributed by atoms with Gasteiger partial charge in [0.1, 0.15) is 0 Å². The summed E-state index contributed by atoms with van der Waals surface area (Å²) in [5, 5.41) is 0. The van der Waals surface area contributed by atoms with Crippen LogP contribution in [0.25, 0.3) is 0 Å². The first kappa shape index (κ1) is 13.8. The average molecular weight is 218 g/mol. The molecule has 0 saturated carbocycles. The van der Waals surface area contributed by atoms with Gasteiger partial charge in [-0.3, -0.25) is 4.79 Å². The van der Waals surface area contributed by atoms with Crippen molar-refractivity contribution in [2.45, 2.75) is 33.2 Å². The van der Waals surface area contributed by atoms with Crippen LogP contribution in [0.3, 0.4) is 0 Å². The molecule has 2 atom stereocenters. The second-order valence-electron chi connectivity index (χ2n) is 4.45. The minimum Gasteiger partial charge on any atom is -0.341 e. The quantitative estimate of drug-likeness (QED) is 0.750. The first-order valence-corrected chi connectivity index (χ1v) is 5.06. The summed E-state index contributed by atoms with van der Waals surface area (Å²) in [7, 11) is 0. The molecule has 1 aliphatic heterocycles. The van der Waals surface area contributed by atoms with Crippen molar-refractivity contribution in [2.24, 2.45) is 17.6 Å². The molecule has 0 spiro atoms. The summed E-state index contributed by atoms with van der Waals surface area (Å²) in [4.78, 5) is 13.6. The molecule has 84 valence electrons. The third-order valence-corrected chi connectivity index (χ3v) is 2.74. The van der Waals surface area contributed by atoms with Gasteiger partial charge in [-0.2, -0.15) is 13.5 Å². The largest absolute Gasteiger partial charge is 0.341 e. The highest BCUT2D eigenvalue weighted by Gasteiger charge is 2.28. The summed E-state index contributed by atoms with van der Waals surface area (Å²) in [5.41, 5.74) is 5.79. The van der Waals surface area contributed by atoms with E-state index in [4.69, 9.17) is 5.73 Å². The molecule has 2 N–H and O–H groups in total. The maximum atomic E-state index is 11.7. The van der Waals surface area contributed by atoms with Gasteiger partial charge >= 0.3 is 0 Å². The molecule has 0 radical (unpaired) electrons. The molecule has 1 fully saturated rings. The van der Waals surface area contributed by atoms with Crippen LogP contribution in [0.2, 0.25) is 0 Å². The van der Waals surface area contributed by atoms with E-state index < -0.39 is 0 Å². The van der Waals surface area contributed by atoms with Gasteiger partial charge in [0.2, 0.25) is 5.91 Å². The molecule has 1 aliphatic rings. The predicted octanol–water partition coefficient (Wildman–Crippen LogP) is 0.951. The zero-order chi connectivity index (χ0) is 10.0. The second-order valence-corrected chi connectivity index (χ2v) is 4.45. The molecule has 0 aromatic rings. The number of hydrogen-bond acceptors (Lipinski definition) is 2. The summed E-state index contributed by atoms with van der Waals surface area (Å²) < 4.78 is 0. The van der Waals surface area contributed by atoms with E-state index in [9.17, 15) is 4.79 Å². The number of nitrogens with zero attached hydrogens (tertiary/aromatic N) is 1. The van der Waals surface area contributed by atoms with Gasteiger partial charge in [-0.05, 0) is 18.3 Å². The Morgan fingerprint density at radius 1 is 1.50 bits per heavy atom. The first-order chi connectivity index (χ1) is 6.02. The summed E-state index contributed by atoms with van der Waals surface area (Å²) >= 11 is 0. The zero-order valence-electron chi connectivity index (χ0n) is 9.29. The second kappa shape index (κ2) is 5.61. The maximum Gasteiger partial charge on any atom is 0.239 e. The van der Waals surface area contributed by atoms with E-state index in [1.165, 1.54) is 0 Å². The van der Waals surface area contributed by atoms with Crippen molar-refractivity contribution in [1.82, 2.24) is 4.90 Å². The molecular formula is C10H22N2OS. The van der Waals surface area contributed by atoms with E-state index in [2.05, 4.69) is 6.92 Å². The number of hydrogen-bond donors (Lipinski definition) is 1. The lowest BCUT2D eigenvalue weighted by atomic mass is 10.0. The summed E-state index contributed by atoms with van der Waals surface area (Å²) in [6, 6.07) is -0.315. The lowest BCUT2D eigenvalue weighted by Gasteiger charge is -2.22. The molecule has 1 amide bonds. The lowest BCUT2D eigenvalue weighted by molar-refractivity contribution is -0.132. The standard InChI is InChI=1S/C10H20N2O.H2S/c1-7(2)9(11)10(13)12-5-4-8(3)6-12;/h7-9H,4-6,11H2,1-3H3;1H2. The Hall–Kier alpha value is -0.220. The van der Waals surface area contributed by atoms with Crippen LogP contribution < -0.4 is 5.73 Å². The van der Waals surface area contributed by atoms with Crippen LogP contribution in [0.15, 0.2) is 0 Å². The van der Waals surface area contributed by atoms with Crippen molar-refractivity contribution in [3.63, 3.8) is 0 Å². The number of rotatable bonds is 2. The van der Waals surface area contributed by atoms with E-state index in [1.807, 2.05) is 18.7 Å². The van der Waals surface area contributed by atoms with E-state index in [0.29, 0.717) is 5.92 Å². The van der Waals surface area contributed by atoms with Crippen LogP contribution in [-0.2, 0) is 4.79 Å². The molecule has 0 aromatic heterocycles. The van der Waals surface area contributed by atoms with E-state index >= 15 is 0 Å². The molecule has 0 aliphatic carbocycles. The zero-order valence-corrected chi connectivity index (χ0v) is 10.3. The van der Waals surface area contributed by atoms with Crippen LogP contribution >= 0.6 is 13.5 Å². The summed E-state index contributed by atoms with van der Waals surface area (Å²) in [5.74, 6) is 1.01. The van der Waals surface area contributed by atoms with Crippen LogP contribution in [0.4, 0.5) is 0 Å². The Morgan fingerprint density at radius 2 is 2.07 bits per heavy atom. The van der Waals surface area contributed by atoms with E-state index in [0.717, 1.165) is 19.5 Å². The number of carbonyl (C=O) groups excluding carboxylic acids is 1. The van der Waals surface area contributed by atoms with E-state index in [-0.39, 0.29) is 31.4 Å². The molecule has 4 heteroatoms. The highest BCUT2D eigenvalue weighted by Crippen LogP contribution is 2.16. The average Bonchev–Trinajstić information content (AvgIpc) is 2.49. The van der Waals surface area contributed by atoms with E-state index in [1.54, 1.807) is 0 Å². The Balaban J connectivity index is 0.00000169. The molecular weight excluding hydrogens is 196 g/mol. The minimum absolute atomic E-state index is 0. The van der Waals surface area contributed by atoms with Gasteiger partial charge in [-0.15, -0.1) is 0 Å². The fourth-order valence-corrected chi connectivity index (χ4v) is 1.63. The Kier molecular flexibility index (Phi) is 5.52. The van der Waals surface area contributed by atoms with Gasteiger partial charge in [0.15, 0.2) is 0 Å². The molecule has 2 unspecified atom stereocenters. The smallest absolute Gasteiger partial charge is 0.239 e. The Labute approximate surface area is 93.5 Å². The van der Waals surface area contributed by atoms with Gasteiger partial charge < -0.3 is 10.6 Å². The van der Waals surface area contributed by atoms with Crippen LogP contribution in [0, 0.1) is 11.8 Å². The Bertz CT molecular complexity index is 197. The molecule has 14 heavy (non-hydrogen) atoms. The van der Waals surface area contributed by atoms with Gasteiger partial charge in [0.05, 0.1) is 6.04 Å². The third-order valence-electron chi connectivity index (χ3n) is 2.74. The topological polar surface area (TPSA) is 46.3 Å². The highest BCUT2D eigenvalue weighted by molar-refractivity contribution is 7.59. The lowest BCUT2D eigenvalue weighted by Crippen LogP contribution is -2.45. The summed E-state index contributed by atoms with van der Waals surface area (Å²) in [6.45, 7) is 7.93. The predicted molar refractivity (Wildman–Crippen MR) is 63.6 cm³/mol. The Morgan fingerprint density at radius 3 is 2.43 bits per heavy atom. The fraction of sp³-hybridized carbons (Fsp3) is 0.900. The van der Waals surface area contributed by atoms with Gasteiger partial charge in [-0.25, -0.2) is 0 Å². The molecule has 1 saturated heterocycles. The van der Waals surface area contributed by atoms with Gasteiger partial charge in [0.25, 0.3) is 0 Å². The number of likely N-dealkylation sites (tertiary alicyclic amines) is 1. The van der Waals surface area contributed by atoms with Crippen molar-refractivity contribution >= 4 is 19.4 Å². The van der Waals surface area contributed by atoms with Crippen LogP contribution in [-0.4, -0.2) is 29.9 Å². The monoisotopic (exact) mass is 218 g/mol. The third kappa shape index (κ3) is 3.17. The molecule has 0 bridgehead atoms. The molecule has 3 nitrogen and oxygen atoms in total. The van der Waals surface area contributed by atoms with Crippen molar-refractivity contribution in [3.05, 3.63) is 0 Å². The molecule has 1 rings (SSSR count). The maximum absolute atomic E-state index is 11.7. The van der Waals surface area contributed by atoms with Gasteiger partial charge in [0, 0.05) is 13.1 Å². The first-order valence-electron chi connectivity index (χ1n) is 5.06. The van der Waals surface area contributed by atoms with Crippen molar-refractivity contribution in [3.8, 4) is 0 Å². The molecule has 0 aromatic carbocycles. The fourth-order valence-electron chi connectivity index (χ4n) is 1.63. The normalized spacial score (nSPS) is 23.5. The van der Waals surface area contributed by atoms with Gasteiger partial charge in [-0.1, -0.05) is 20.8 Å². The van der Waals surface area contributed by atoms with Crippen LogP contribution in [0.1, 0.15) is 27.2 Å². The number of carbonyl (C=O) groups is 1. The van der Waals surface area contributed by atoms with Crippen molar-refractivity contribution < 1.29 is 4.79 Å². The number of nitrogens with two attached hydrogens (primary N) is 1. The van der Waals surface area contributed by atoms with Crippen molar-refractivity contribution in [2.75, 3.05) is 13.1 Å². The highest BCUT2D eigenvalue weighted by atomic mass is 32.1. The summed E-state index contributed by atoms with van der Waals surface area (Å²) in [6.07, 6.45) is 1.12. The van der Waals surface area contributed by atoms with Crippen LogP contribution in [0.5, 0.6) is 0 Å². The van der Waals surface area contributed by atoms with Crippen molar-refractivity contribution in [1.29, 1.82) is 0 Å². The number of amides is 1. The SMILES string of the molecule is CC1CCN(C(=O)C(N)C(C)C)C1.S.